The highest BCUT2D eigenvalue weighted by Crippen LogP contribution is 2.15. The van der Waals surface area contributed by atoms with Crippen LogP contribution in [0.3, 0.4) is 0 Å². The summed E-state index contributed by atoms with van der Waals surface area (Å²) in [5, 5.41) is 8.53. The van der Waals surface area contributed by atoms with Crippen LogP contribution < -0.4 is 0 Å². The van der Waals surface area contributed by atoms with E-state index in [0.717, 1.165) is 31.8 Å². The quantitative estimate of drug-likeness (QED) is 0.743. The molecule has 0 aliphatic carbocycles. The molecule has 1 fully saturated rings. The number of hydrogen-bond donors (Lipinski definition) is 1. The second-order valence-electron chi connectivity index (χ2n) is 5.28. The van der Waals surface area contributed by atoms with Crippen molar-refractivity contribution in [1.29, 1.82) is 0 Å². The Morgan fingerprint density at radius 1 is 1.41 bits per heavy atom. The molecule has 1 N–H and O–H groups in total. The van der Waals surface area contributed by atoms with Crippen LogP contribution in [0, 0.1) is 5.92 Å². The second-order valence-corrected chi connectivity index (χ2v) is 5.28. The van der Waals surface area contributed by atoms with Crippen molar-refractivity contribution >= 4 is 5.97 Å². The zero-order valence-corrected chi connectivity index (χ0v) is 11.0. The molecule has 1 heterocycles. The highest BCUT2D eigenvalue weighted by molar-refractivity contribution is 5.68. The fraction of sp³-hybridized carbons (Fsp3) is 0.923. The maximum absolute atomic E-state index is 10.4. The van der Waals surface area contributed by atoms with Gasteiger partial charge in [0.05, 0.1) is 6.10 Å². The van der Waals surface area contributed by atoms with Crippen molar-refractivity contribution in [1.82, 2.24) is 4.90 Å². The first kappa shape index (κ1) is 14.5. The molecule has 1 rings (SSSR count). The maximum atomic E-state index is 10.4. The first-order valence-electron chi connectivity index (χ1n) is 6.63. The molecule has 17 heavy (non-hydrogen) atoms. The fourth-order valence-corrected chi connectivity index (χ4v) is 2.21. The number of aliphatic carboxylic acids is 1. The van der Waals surface area contributed by atoms with Crippen LogP contribution in [0.1, 0.15) is 39.5 Å². The van der Waals surface area contributed by atoms with Gasteiger partial charge >= 0.3 is 5.97 Å². The summed E-state index contributed by atoms with van der Waals surface area (Å²) in [7, 11) is 0. The van der Waals surface area contributed by atoms with Gasteiger partial charge in [-0.1, -0.05) is 13.8 Å². The Bertz CT molecular complexity index is 223. The van der Waals surface area contributed by atoms with Gasteiger partial charge in [-0.15, -0.1) is 0 Å². The van der Waals surface area contributed by atoms with Crippen LogP contribution in [0.2, 0.25) is 0 Å². The largest absolute Gasteiger partial charge is 0.480 e. The lowest BCUT2D eigenvalue weighted by atomic mass is 10.1. The molecule has 1 aliphatic heterocycles. The number of likely N-dealkylation sites (tertiary alicyclic amines) is 1. The van der Waals surface area contributed by atoms with Crippen molar-refractivity contribution in [2.45, 2.75) is 45.6 Å². The van der Waals surface area contributed by atoms with Gasteiger partial charge in [-0.3, -0.25) is 0 Å². The van der Waals surface area contributed by atoms with Gasteiger partial charge in [-0.2, -0.15) is 0 Å². The van der Waals surface area contributed by atoms with E-state index in [-0.39, 0.29) is 12.7 Å². The van der Waals surface area contributed by atoms with Gasteiger partial charge in [0.15, 0.2) is 0 Å². The standard InChI is InChI=1S/C13H25NO3/c1-11(2)4-3-7-14-8-5-12(6-9-14)17-10-13(15)16/h11-12H,3-10H2,1-2H3,(H,15,16). The molecule has 1 aliphatic rings. The number of ether oxygens (including phenoxy) is 1. The number of piperidine rings is 1. The Morgan fingerprint density at radius 3 is 2.59 bits per heavy atom. The molecule has 0 saturated carbocycles. The van der Waals surface area contributed by atoms with Crippen LogP contribution in [0.5, 0.6) is 0 Å². The molecule has 0 radical (unpaired) electrons. The number of rotatable bonds is 7. The molecule has 100 valence electrons. The Balaban J connectivity index is 2.07. The summed E-state index contributed by atoms with van der Waals surface area (Å²) in [5.74, 6) is -0.0872. The molecular formula is C13H25NO3. The van der Waals surface area contributed by atoms with Crippen LogP contribution >= 0.6 is 0 Å². The van der Waals surface area contributed by atoms with Gasteiger partial charge in [0, 0.05) is 13.1 Å². The molecular weight excluding hydrogens is 218 g/mol. The van der Waals surface area contributed by atoms with Gasteiger partial charge < -0.3 is 14.7 Å². The molecule has 0 unspecified atom stereocenters. The lowest BCUT2D eigenvalue weighted by Crippen LogP contribution is -2.38. The van der Waals surface area contributed by atoms with E-state index in [9.17, 15) is 4.79 Å². The van der Waals surface area contributed by atoms with E-state index in [1.54, 1.807) is 0 Å². The zero-order chi connectivity index (χ0) is 12.7. The number of carboxylic acids is 1. The van der Waals surface area contributed by atoms with Crippen molar-refractivity contribution in [3.8, 4) is 0 Å². The molecule has 0 amide bonds. The number of carboxylic acid groups (broad SMARTS) is 1. The van der Waals surface area contributed by atoms with Gasteiger partial charge in [0.2, 0.25) is 0 Å². The van der Waals surface area contributed by atoms with E-state index >= 15 is 0 Å². The minimum absolute atomic E-state index is 0.146. The third-order valence-corrected chi connectivity index (χ3v) is 3.23. The Morgan fingerprint density at radius 2 is 2.06 bits per heavy atom. The van der Waals surface area contributed by atoms with Crippen molar-refractivity contribution in [2.24, 2.45) is 5.92 Å². The molecule has 0 bridgehead atoms. The molecule has 0 aromatic heterocycles. The minimum Gasteiger partial charge on any atom is -0.480 e. The lowest BCUT2D eigenvalue weighted by molar-refractivity contribution is -0.145. The molecule has 0 spiro atoms. The predicted octanol–water partition coefficient (Wildman–Crippen LogP) is 1.99. The number of carbonyl (C=O) groups is 1. The molecule has 4 heteroatoms. The monoisotopic (exact) mass is 243 g/mol. The second kappa shape index (κ2) is 7.67. The molecule has 1 saturated heterocycles. The number of hydrogen-bond acceptors (Lipinski definition) is 3. The minimum atomic E-state index is -0.871. The number of nitrogens with zero attached hydrogens (tertiary/aromatic N) is 1. The van der Waals surface area contributed by atoms with Gasteiger partial charge in [0.1, 0.15) is 6.61 Å². The SMILES string of the molecule is CC(C)CCCN1CCC(OCC(=O)O)CC1. The van der Waals surface area contributed by atoms with Crippen LogP contribution in [0.4, 0.5) is 0 Å². The highest BCUT2D eigenvalue weighted by Gasteiger charge is 2.19. The summed E-state index contributed by atoms with van der Waals surface area (Å²) in [4.78, 5) is 12.8. The summed E-state index contributed by atoms with van der Waals surface area (Å²) in [6.07, 6.45) is 4.63. The van der Waals surface area contributed by atoms with E-state index in [0.29, 0.717) is 0 Å². The smallest absolute Gasteiger partial charge is 0.329 e. The average Bonchev–Trinajstić information content (AvgIpc) is 2.27. The molecule has 0 atom stereocenters. The molecule has 4 nitrogen and oxygen atoms in total. The Kier molecular flexibility index (Phi) is 6.52. The first-order valence-corrected chi connectivity index (χ1v) is 6.63. The van der Waals surface area contributed by atoms with Crippen LogP contribution in [-0.4, -0.2) is 48.3 Å². The Labute approximate surface area is 104 Å². The fourth-order valence-electron chi connectivity index (χ4n) is 2.21. The van der Waals surface area contributed by atoms with Crippen LogP contribution in [0.25, 0.3) is 0 Å². The summed E-state index contributed by atoms with van der Waals surface area (Å²) in [5.41, 5.74) is 0. The van der Waals surface area contributed by atoms with E-state index in [4.69, 9.17) is 9.84 Å². The molecule has 0 aromatic rings. The van der Waals surface area contributed by atoms with E-state index in [2.05, 4.69) is 18.7 Å². The van der Waals surface area contributed by atoms with Gasteiger partial charge in [0.25, 0.3) is 0 Å². The maximum Gasteiger partial charge on any atom is 0.329 e. The average molecular weight is 243 g/mol. The first-order chi connectivity index (χ1) is 8.08. The van der Waals surface area contributed by atoms with Crippen molar-refractivity contribution in [3.05, 3.63) is 0 Å². The Hall–Kier alpha value is -0.610. The van der Waals surface area contributed by atoms with Crippen molar-refractivity contribution in [2.75, 3.05) is 26.2 Å². The summed E-state index contributed by atoms with van der Waals surface area (Å²) < 4.78 is 5.31. The zero-order valence-electron chi connectivity index (χ0n) is 11.0. The van der Waals surface area contributed by atoms with Crippen LogP contribution in [0.15, 0.2) is 0 Å². The van der Waals surface area contributed by atoms with E-state index in [1.165, 1.54) is 19.4 Å². The van der Waals surface area contributed by atoms with E-state index in [1.807, 2.05) is 0 Å². The predicted molar refractivity (Wildman–Crippen MR) is 67.1 cm³/mol. The lowest BCUT2D eigenvalue weighted by Gasteiger charge is -2.31. The topological polar surface area (TPSA) is 49.8 Å². The van der Waals surface area contributed by atoms with Crippen molar-refractivity contribution in [3.63, 3.8) is 0 Å². The third kappa shape index (κ3) is 6.64. The molecule has 0 aromatic carbocycles. The highest BCUT2D eigenvalue weighted by atomic mass is 16.5. The summed E-state index contributed by atoms with van der Waals surface area (Å²) in [6.45, 7) is 7.62. The van der Waals surface area contributed by atoms with Crippen molar-refractivity contribution < 1.29 is 14.6 Å². The third-order valence-electron chi connectivity index (χ3n) is 3.23. The van der Waals surface area contributed by atoms with Gasteiger partial charge in [-0.25, -0.2) is 4.79 Å². The summed E-state index contributed by atoms with van der Waals surface area (Å²) >= 11 is 0. The normalized spacial score (nSPS) is 18.8. The summed E-state index contributed by atoms with van der Waals surface area (Å²) in [6, 6.07) is 0. The van der Waals surface area contributed by atoms with Crippen LogP contribution in [-0.2, 0) is 9.53 Å². The van der Waals surface area contributed by atoms with E-state index < -0.39 is 5.97 Å². The van der Waals surface area contributed by atoms with Gasteiger partial charge in [-0.05, 0) is 38.1 Å².